The molecule has 0 bridgehead atoms. The van der Waals surface area contributed by atoms with Gasteiger partial charge in [0.2, 0.25) is 0 Å². The van der Waals surface area contributed by atoms with Crippen molar-refractivity contribution in [1.29, 1.82) is 0 Å². The number of hydrogen-bond acceptors (Lipinski definition) is 2. The van der Waals surface area contributed by atoms with Gasteiger partial charge in [0.05, 0.1) is 13.2 Å². The highest BCUT2D eigenvalue weighted by Crippen LogP contribution is 1.95. The zero-order valence-electron chi connectivity index (χ0n) is 5.39. The summed E-state index contributed by atoms with van der Waals surface area (Å²) in [6.07, 6.45) is 5.89. The fraction of sp³-hybridized carbons (Fsp3) is 0.714. The van der Waals surface area contributed by atoms with E-state index in [0.717, 1.165) is 26.2 Å². The Hall–Kier alpha value is -0.520. The number of terminal acetylenes is 1. The number of rotatable bonds is 1. The minimum atomic E-state index is 0.392. The van der Waals surface area contributed by atoms with Crippen molar-refractivity contribution in [3.05, 3.63) is 0 Å². The molecule has 1 rings (SSSR count). The molecule has 0 aromatic rings. The highest BCUT2D eigenvalue weighted by Gasteiger charge is 2.09. The molecule has 0 aliphatic carbocycles. The van der Waals surface area contributed by atoms with Crippen LogP contribution in [0.15, 0.2) is 0 Å². The normalized spacial score (nSPS) is 27.2. The third-order valence-corrected chi connectivity index (χ3v) is 1.36. The molecule has 0 radical (unpaired) electrons. The molecule has 1 unspecified atom stereocenters. The molecule has 0 amide bonds. The van der Waals surface area contributed by atoms with Gasteiger partial charge in [-0.3, -0.25) is 0 Å². The summed E-state index contributed by atoms with van der Waals surface area (Å²) in [6.45, 7) is 2.53. The lowest BCUT2D eigenvalue weighted by molar-refractivity contribution is 0.0784. The Morgan fingerprint density at radius 1 is 1.78 bits per heavy atom. The van der Waals surface area contributed by atoms with Crippen molar-refractivity contribution >= 4 is 0 Å². The summed E-state index contributed by atoms with van der Waals surface area (Å²) in [5.74, 6) is 2.59. The van der Waals surface area contributed by atoms with E-state index in [4.69, 9.17) is 11.2 Å². The smallest absolute Gasteiger partial charge is 0.0629 e. The van der Waals surface area contributed by atoms with Gasteiger partial charge in [-0.1, -0.05) is 0 Å². The highest BCUT2D eigenvalue weighted by atomic mass is 16.5. The summed E-state index contributed by atoms with van der Waals surface area (Å²) < 4.78 is 5.18. The first kappa shape index (κ1) is 6.60. The maximum Gasteiger partial charge on any atom is 0.0629 e. The van der Waals surface area contributed by atoms with Crippen molar-refractivity contribution in [2.45, 2.75) is 12.5 Å². The summed E-state index contributed by atoms with van der Waals surface area (Å²) in [6, 6.07) is 0.392. The molecule has 2 nitrogen and oxygen atoms in total. The van der Waals surface area contributed by atoms with Gasteiger partial charge in [0.25, 0.3) is 0 Å². The summed E-state index contributed by atoms with van der Waals surface area (Å²) in [7, 11) is 0. The summed E-state index contributed by atoms with van der Waals surface area (Å²) >= 11 is 0. The molecular formula is C7H11NO. The van der Waals surface area contributed by atoms with E-state index in [2.05, 4.69) is 11.2 Å². The van der Waals surface area contributed by atoms with E-state index in [-0.39, 0.29) is 0 Å². The molecule has 1 N–H and O–H groups in total. The third kappa shape index (κ3) is 2.05. The van der Waals surface area contributed by atoms with Crippen molar-refractivity contribution in [3.63, 3.8) is 0 Å². The molecule has 1 fully saturated rings. The van der Waals surface area contributed by atoms with Gasteiger partial charge >= 0.3 is 0 Å². The average Bonchev–Trinajstić information content (AvgIpc) is 1.91. The first-order valence-corrected chi connectivity index (χ1v) is 3.18. The first-order valence-electron chi connectivity index (χ1n) is 3.18. The van der Waals surface area contributed by atoms with E-state index in [0.29, 0.717) is 6.04 Å². The molecule has 1 aliphatic heterocycles. The van der Waals surface area contributed by atoms with Gasteiger partial charge in [-0.2, -0.15) is 0 Å². The van der Waals surface area contributed by atoms with E-state index in [1.807, 2.05) is 0 Å². The van der Waals surface area contributed by atoms with Gasteiger partial charge in [-0.05, 0) is 0 Å². The fourth-order valence-electron chi connectivity index (χ4n) is 0.893. The minimum Gasteiger partial charge on any atom is -0.378 e. The first-order chi connectivity index (χ1) is 4.43. The third-order valence-electron chi connectivity index (χ3n) is 1.36. The van der Waals surface area contributed by atoms with Crippen molar-refractivity contribution in [1.82, 2.24) is 5.32 Å². The van der Waals surface area contributed by atoms with E-state index in [1.54, 1.807) is 0 Å². The summed E-state index contributed by atoms with van der Waals surface area (Å²) in [5.41, 5.74) is 0. The van der Waals surface area contributed by atoms with Gasteiger partial charge in [0.1, 0.15) is 0 Å². The number of hydrogen-bond donors (Lipinski definition) is 1. The Kier molecular flexibility index (Phi) is 2.56. The fourth-order valence-corrected chi connectivity index (χ4v) is 0.893. The number of ether oxygens (including phenoxy) is 1. The van der Waals surface area contributed by atoms with Crippen LogP contribution in [0.1, 0.15) is 6.42 Å². The molecular weight excluding hydrogens is 114 g/mol. The van der Waals surface area contributed by atoms with Crippen LogP contribution in [0, 0.1) is 12.3 Å². The largest absolute Gasteiger partial charge is 0.378 e. The quantitative estimate of drug-likeness (QED) is 0.498. The van der Waals surface area contributed by atoms with Gasteiger partial charge in [0, 0.05) is 19.0 Å². The average molecular weight is 125 g/mol. The predicted molar refractivity (Wildman–Crippen MR) is 36.1 cm³/mol. The Balaban J connectivity index is 2.17. The van der Waals surface area contributed by atoms with E-state index >= 15 is 0 Å². The summed E-state index contributed by atoms with van der Waals surface area (Å²) in [4.78, 5) is 0. The molecule has 1 saturated heterocycles. The van der Waals surface area contributed by atoms with Crippen LogP contribution in [0.2, 0.25) is 0 Å². The molecule has 0 aromatic heterocycles. The van der Waals surface area contributed by atoms with Crippen molar-refractivity contribution in [2.75, 3.05) is 19.8 Å². The summed E-state index contributed by atoms with van der Waals surface area (Å²) in [5, 5.41) is 3.25. The maximum absolute atomic E-state index is 5.18. The van der Waals surface area contributed by atoms with Crippen LogP contribution in [0.5, 0.6) is 0 Å². The number of morpholine rings is 1. The minimum absolute atomic E-state index is 0.392. The van der Waals surface area contributed by atoms with Gasteiger partial charge < -0.3 is 10.1 Å². The SMILES string of the molecule is C#CCC1COCCN1. The van der Waals surface area contributed by atoms with E-state index < -0.39 is 0 Å². The molecule has 1 heterocycles. The van der Waals surface area contributed by atoms with Crippen LogP contribution in [0.4, 0.5) is 0 Å². The van der Waals surface area contributed by atoms with Crippen LogP contribution in [-0.4, -0.2) is 25.8 Å². The zero-order chi connectivity index (χ0) is 6.53. The van der Waals surface area contributed by atoms with Crippen molar-refractivity contribution in [2.24, 2.45) is 0 Å². The zero-order valence-corrected chi connectivity index (χ0v) is 5.39. The molecule has 1 atom stereocenters. The Morgan fingerprint density at radius 2 is 2.67 bits per heavy atom. The lowest BCUT2D eigenvalue weighted by atomic mass is 10.2. The Labute approximate surface area is 55.6 Å². The molecule has 0 saturated carbocycles. The number of nitrogens with one attached hydrogen (secondary N) is 1. The Morgan fingerprint density at radius 3 is 3.22 bits per heavy atom. The van der Waals surface area contributed by atoms with Crippen LogP contribution in [0.25, 0.3) is 0 Å². The van der Waals surface area contributed by atoms with Crippen LogP contribution in [0.3, 0.4) is 0 Å². The lowest BCUT2D eigenvalue weighted by Crippen LogP contribution is -2.40. The molecule has 9 heavy (non-hydrogen) atoms. The molecule has 1 aliphatic rings. The molecule has 0 spiro atoms. The maximum atomic E-state index is 5.18. The van der Waals surface area contributed by atoms with Crippen LogP contribution in [-0.2, 0) is 4.74 Å². The van der Waals surface area contributed by atoms with Crippen molar-refractivity contribution in [3.8, 4) is 12.3 Å². The van der Waals surface area contributed by atoms with Crippen LogP contribution < -0.4 is 5.32 Å². The van der Waals surface area contributed by atoms with Gasteiger partial charge in [-0.15, -0.1) is 12.3 Å². The van der Waals surface area contributed by atoms with Gasteiger partial charge in [0.15, 0.2) is 0 Å². The molecule has 2 heteroatoms. The standard InChI is InChI=1S/C7H11NO/c1-2-3-7-6-9-5-4-8-7/h1,7-8H,3-6H2. The Bertz CT molecular complexity index is 111. The predicted octanol–water partition coefficient (Wildman–Crippen LogP) is -0.00190. The van der Waals surface area contributed by atoms with Crippen molar-refractivity contribution < 1.29 is 4.74 Å². The lowest BCUT2D eigenvalue weighted by Gasteiger charge is -2.21. The molecule has 50 valence electrons. The topological polar surface area (TPSA) is 21.3 Å². The van der Waals surface area contributed by atoms with E-state index in [9.17, 15) is 0 Å². The molecule has 0 aromatic carbocycles. The van der Waals surface area contributed by atoms with E-state index in [1.165, 1.54) is 0 Å². The second kappa shape index (κ2) is 3.49. The van der Waals surface area contributed by atoms with Crippen LogP contribution >= 0.6 is 0 Å². The second-order valence-corrected chi connectivity index (χ2v) is 2.13. The second-order valence-electron chi connectivity index (χ2n) is 2.13. The highest BCUT2D eigenvalue weighted by molar-refractivity contribution is 4.90. The van der Waals surface area contributed by atoms with Gasteiger partial charge in [-0.25, -0.2) is 0 Å². The monoisotopic (exact) mass is 125 g/mol.